The molecule has 0 aromatic heterocycles. The molecule has 0 saturated carbocycles. The molecule has 0 fully saturated rings. The Morgan fingerprint density at radius 2 is 2.07 bits per heavy atom. The monoisotopic (exact) mass is 224 g/mol. The van der Waals surface area contributed by atoms with Crippen LogP contribution in [-0.4, -0.2) is 14.1 Å². The summed E-state index contributed by atoms with van der Waals surface area (Å²) in [6.45, 7) is 2.01. The summed E-state index contributed by atoms with van der Waals surface area (Å²) in [4.78, 5) is 0. The highest BCUT2D eigenvalue weighted by Crippen LogP contribution is 2.25. The molecule has 0 spiro atoms. The van der Waals surface area contributed by atoms with Gasteiger partial charge in [0, 0.05) is 5.56 Å². The number of rotatable bonds is 1. The molecule has 0 atom stereocenters. The predicted molar refractivity (Wildman–Crippen MR) is 59.1 cm³/mol. The Morgan fingerprint density at radius 1 is 1.33 bits per heavy atom. The Hall–Kier alpha value is -1.20. The summed E-state index contributed by atoms with van der Waals surface area (Å²) in [6, 6.07) is 5.80. The Balaban J connectivity index is 2.55. The van der Waals surface area contributed by atoms with Crippen LogP contribution in [-0.2, 0) is 16.6 Å². The van der Waals surface area contributed by atoms with Gasteiger partial charge >= 0.3 is 10.2 Å². The van der Waals surface area contributed by atoms with Crippen molar-refractivity contribution in [3.8, 4) is 0 Å². The highest BCUT2D eigenvalue weighted by molar-refractivity contribution is 7.88. The van der Waals surface area contributed by atoms with Gasteiger partial charge in [0.05, 0.1) is 5.71 Å². The lowest BCUT2D eigenvalue weighted by atomic mass is 10.0. The molecular weight excluding hydrogens is 212 g/mol. The third kappa shape index (κ3) is 2.08. The van der Waals surface area contributed by atoms with E-state index in [0.717, 1.165) is 12.0 Å². The number of hydrogen-bond donors (Lipinski definition) is 1. The van der Waals surface area contributed by atoms with Crippen molar-refractivity contribution >= 4 is 15.9 Å². The maximum atomic E-state index is 10.9. The molecule has 80 valence electrons. The van der Waals surface area contributed by atoms with E-state index in [0.29, 0.717) is 12.1 Å². The second-order valence-corrected chi connectivity index (χ2v) is 4.87. The zero-order chi connectivity index (χ0) is 11.1. The van der Waals surface area contributed by atoms with Crippen LogP contribution in [0.5, 0.6) is 0 Å². The van der Waals surface area contributed by atoms with Gasteiger partial charge < -0.3 is 0 Å². The summed E-state index contributed by atoms with van der Waals surface area (Å²) in [5.74, 6) is 0. The molecule has 0 radical (unpaired) electrons. The minimum absolute atomic E-state index is 0.580. The molecule has 0 unspecified atom stereocenters. The molecule has 1 aliphatic rings. The van der Waals surface area contributed by atoms with Crippen LogP contribution < -0.4 is 5.14 Å². The largest absolute Gasteiger partial charge is 0.317 e. The van der Waals surface area contributed by atoms with Crippen LogP contribution in [0.25, 0.3) is 0 Å². The second kappa shape index (κ2) is 3.43. The molecule has 2 N–H and O–H groups in total. The standard InChI is InChI=1S/C10H12N2O2S/c1-7-3-2-4-9-8(7)5-6-10(9)12-15(11,13)14/h2-4H,5-6H2,1H3,(H2,11,13,14). The second-order valence-electron chi connectivity index (χ2n) is 3.65. The predicted octanol–water partition coefficient (Wildman–Crippen LogP) is 0.934. The average molecular weight is 224 g/mol. The molecule has 0 heterocycles. The molecule has 0 bridgehead atoms. The van der Waals surface area contributed by atoms with Crippen LogP contribution in [0.15, 0.2) is 22.6 Å². The summed E-state index contributed by atoms with van der Waals surface area (Å²) in [7, 11) is -3.78. The first-order valence-electron chi connectivity index (χ1n) is 4.68. The van der Waals surface area contributed by atoms with E-state index in [4.69, 9.17) is 5.14 Å². The Labute approximate surface area is 89.0 Å². The smallest absolute Gasteiger partial charge is 0.210 e. The minimum Gasteiger partial charge on any atom is -0.210 e. The van der Waals surface area contributed by atoms with Crippen molar-refractivity contribution in [3.05, 3.63) is 34.9 Å². The van der Waals surface area contributed by atoms with E-state index < -0.39 is 10.2 Å². The zero-order valence-corrected chi connectivity index (χ0v) is 9.21. The van der Waals surface area contributed by atoms with Gasteiger partial charge in [0.15, 0.2) is 0 Å². The Bertz CT molecular complexity index is 532. The van der Waals surface area contributed by atoms with Crippen molar-refractivity contribution in [3.63, 3.8) is 0 Å². The number of benzene rings is 1. The van der Waals surface area contributed by atoms with Crippen LogP contribution in [0.3, 0.4) is 0 Å². The first kappa shape index (κ1) is 10.3. The van der Waals surface area contributed by atoms with Crippen LogP contribution in [0.2, 0.25) is 0 Å². The number of nitrogens with two attached hydrogens (primary N) is 1. The van der Waals surface area contributed by atoms with E-state index in [1.165, 1.54) is 11.1 Å². The highest BCUT2D eigenvalue weighted by Gasteiger charge is 2.20. The summed E-state index contributed by atoms with van der Waals surface area (Å²) >= 11 is 0. The fraction of sp³-hybridized carbons (Fsp3) is 0.300. The van der Waals surface area contributed by atoms with Crippen LogP contribution in [0.4, 0.5) is 0 Å². The van der Waals surface area contributed by atoms with Gasteiger partial charge in [-0.1, -0.05) is 18.2 Å². The fourth-order valence-corrected chi connectivity index (χ4v) is 2.43. The summed E-state index contributed by atoms with van der Waals surface area (Å²) in [6.07, 6.45) is 1.49. The van der Waals surface area contributed by atoms with Crippen LogP contribution >= 0.6 is 0 Å². The molecule has 5 heteroatoms. The third-order valence-corrected chi connectivity index (χ3v) is 3.05. The van der Waals surface area contributed by atoms with Gasteiger partial charge in [-0.3, -0.25) is 0 Å². The van der Waals surface area contributed by atoms with Crippen molar-refractivity contribution in [2.45, 2.75) is 19.8 Å². The molecule has 0 amide bonds. The van der Waals surface area contributed by atoms with E-state index in [2.05, 4.69) is 4.40 Å². The van der Waals surface area contributed by atoms with Crippen molar-refractivity contribution in [2.24, 2.45) is 9.54 Å². The van der Waals surface area contributed by atoms with E-state index in [-0.39, 0.29) is 0 Å². The van der Waals surface area contributed by atoms with E-state index in [1.54, 1.807) is 0 Å². The van der Waals surface area contributed by atoms with Gasteiger partial charge in [0.2, 0.25) is 0 Å². The lowest BCUT2D eigenvalue weighted by Crippen LogP contribution is -2.11. The average Bonchev–Trinajstić information content (AvgIpc) is 2.48. The van der Waals surface area contributed by atoms with Gasteiger partial charge in [-0.15, -0.1) is 0 Å². The Kier molecular flexibility index (Phi) is 2.36. The lowest BCUT2D eigenvalue weighted by molar-refractivity contribution is 0.599. The van der Waals surface area contributed by atoms with Crippen LogP contribution in [0.1, 0.15) is 23.1 Å². The first-order chi connectivity index (χ1) is 6.97. The van der Waals surface area contributed by atoms with Gasteiger partial charge in [0.25, 0.3) is 0 Å². The lowest BCUT2D eigenvalue weighted by Gasteiger charge is -2.02. The molecule has 0 aliphatic heterocycles. The number of fused-ring (bicyclic) bond motifs is 1. The van der Waals surface area contributed by atoms with Crippen molar-refractivity contribution in [1.82, 2.24) is 0 Å². The number of hydrogen-bond acceptors (Lipinski definition) is 2. The maximum absolute atomic E-state index is 10.9. The van der Waals surface area contributed by atoms with E-state index >= 15 is 0 Å². The van der Waals surface area contributed by atoms with Gasteiger partial charge in [-0.2, -0.15) is 12.8 Å². The molecule has 4 nitrogen and oxygen atoms in total. The molecule has 2 rings (SSSR count). The number of aryl methyl sites for hydroxylation is 1. The maximum Gasteiger partial charge on any atom is 0.317 e. The number of nitrogens with zero attached hydrogens (tertiary/aromatic N) is 1. The van der Waals surface area contributed by atoms with Gasteiger partial charge in [-0.25, -0.2) is 5.14 Å². The quantitative estimate of drug-likeness (QED) is 0.770. The zero-order valence-electron chi connectivity index (χ0n) is 8.40. The normalized spacial score (nSPS) is 18.1. The Morgan fingerprint density at radius 3 is 2.73 bits per heavy atom. The SMILES string of the molecule is Cc1cccc2c1CCC2=NS(N)(=O)=O. The third-order valence-electron chi connectivity index (χ3n) is 2.57. The molecular formula is C10H12N2O2S. The van der Waals surface area contributed by atoms with Crippen LogP contribution in [0, 0.1) is 6.92 Å². The van der Waals surface area contributed by atoms with Gasteiger partial charge in [-0.05, 0) is 30.9 Å². The molecule has 15 heavy (non-hydrogen) atoms. The van der Waals surface area contributed by atoms with Crippen molar-refractivity contribution < 1.29 is 8.42 Å². The summed E-state index contributed by atoms with van der Waals surface area (Å²) in [5.41, 5.74) is 3.85. The van der Waals surface area contributed by atoms with E-state index in [1.807, 2.05) is 25.1 Å². The van der Waals surface area contributed by atoms with Crippen molar-refractivity contribution in [1.29, 1.82) is 0 Å². The fourth-order valence-electron chi connectivity index (χ4n) is 1.93. The molecule has 1 aromatic rings. The molecule has 0 saturated heterocycles. The first-order valence-corrected chi connectivity index (χ1v) is 6.18. The molecule has 1 aliphatic carbocycles. The van der Waals surface area contributed by atoms with Gasteiger partial charge in [0.1, 0.15) is 0 Å². The van der Waals surface area contributed by atoms with Crippen molar-refractivity contribution in [2.75, 3.05) is 0 Å². The van der Waals surface area contributed by atoms with E-state index in [9.17, 15) is 8.42 Å². The topological polar surface area (TPSA) is 72.5 Å². The summed E-state index contributed by atoms with van der Waals surface area (Å²) in [5, 5.41) is 4.90. The minimum atomic E-state index is -3.78. The summed E-state index contributed by atoms with van der Waals surface area (Å²) < 4.78 is 25.3. The highest BCUT2D eigenvalue weighted by atomic mass is 32.2. The molecule has 1 aromatic carbocycles.